The van der Waals surface area contributed by atoms with Crippen molar-refractivity contribution >= 4 is 5.91 Å². The van der Waals surface area contributed by atoms with E-state index in [-0.39, 0.29) is 42.1 Å². The summed E-state index contributed by atoms with van der Waals surface area (Å²) in [5.74, 6) is -1.07. The highest BCUT2D eigenvalue weighted by Gasteiger charge is 2.50. The number of ether oxygens (including phenoxy) is 5. The molecule has 4 atom stereocenters. The number of benzene rings is 2. The summed E-state index contributed by atoms with van der Waals surface area (Å²) in [4.78, 5) is 15.9. The van der Waals surface area contributed by atoms with E-state index in [0.29, 0.717) is 50.0 Å². The van der Waals surface area contributed by atoms with Crippen molar-refractivity contribution in [2.75, 3.05) is 32.8 Å². The van der Waals surface area contributed by atoms with Crippen molar-refractivity contribution in [1.29, 1.82) is 0 Å². The maximum atomic E-state index is 13.9. The summed E-state index contributed by atoms with van der Waals surface area (Å²) in [6.45, 7) is 2.70. The van der Waals surface area contributed by atoms with Gasteiger partial charge in [-0.2, -0.15) is 0 Å². The van der Waals surface area contributed by atoms with Crippen LogP contribution in [-0.2, 0) is 10.2 Å². The van der Waals surface area contributed by atoms with Crippen molar-refractivity contribution in [3.8, 4) is 28.7 Å². The van der Waals surface area contributed by atoms with E-state index in [1.165, 1.54) is 18.2 Å². The van der Waals surface area contributed by atoms with Crippen LogP contribution in [0.15, 0.2) is 30.3 Å². The molecule has 0 aliphatic carbocycles. The third kappa shape index (κ3) is 6.04. The normalized spacial score (nSPS) is 26.6. The van der Waals surface area contributed by atoms with Gasteiger partial charge in [-0.05, 0) is 57.0 Å². The summed E-state index contributed by atoms with van der Waals surface area (Å²) in [6.07, 6.45) is -8.44. The van der Waals surface area contributed by atoms with Gasteiger partial charge in [0.25, 0.3) is 0 Å². The molecular weight excluding hydrogens is 599 g/mol. The van der Waals surface area contributed by atoms with Gasteiger partial charge in [0.05, 0.1) is 18.8 Å². The molecule has 4 heterocycles. The highest BCUT2D eigenvalue weighted by atomic mass is 19.4. The third-order valence-corrected chi connectivity index (χ3v) is 8.60. The van der Waals surface area contributed by atoms with Gasteiger partial charge in [-0.1, -0.05) is 0 Å². The lowest BCUT2D eigenvalue weighted by molar-refractivity contribution is -0.286. The number of alkyl halides is 5. The predicted molar refractivity (Wildman–Crippen MR) is 141 cm³/mol. The molecule has 2 aromatic rings. The number of likely N-dealkylation sites (tertiary alicyclic amines) is 1. The number of β-amino-alcohol motifs (C(OH)–C–C–N with tert-alkyl or cyclic N) is 1. The largest absolute Gasteiger partial charge is 0.586 e. The Bertz CT molecular complexity index is 1420. The van der Waals surface area contributed by atoms with E-state index in [2.05, 4.69) is 19.5 Å². The van der Waals surface area contributed by atoms with Crippen LogP contribution >= 0.6 is 0 Å². The van der Waals surface area contributed by atoms with Gasteiger partial charge in [0, 0.05) is 36.2 Å². The predicted octanol–water partition coefficient (Wildman–Crippen LogP) is 3.63. The quantitative estimate of drug-likeness (QED) is 0.394. The number of rotatable bonds is 7. The maximum absolute atomic E-state index is 13.9. The van der Waals surface area contributed by atoms with Crippen LogP contribution in [0.2, 0.25) is 0 Å². The topological polar surface area (TPSA) is 119 Å². The second-order valence-corrected chi connectivity index (χ2v) is 11.7. The Morgan fingerprint density at radius 3 is 2.50 bits per heavy atom. The number of halogens is 5. The van der Waals surface area contributed by atoms with Crippen LogP contribution in [0.25, 0.3) is 0 Å². The molecule has 2 aromatic carbocycles. The molecule has 0 saturated carbocycles. The number of aliphatic hydroxyl groups is 2. The van der Waals surface area contributed by atoms with Gasteiger partial charge in [0.1, 0.15) is 35.4 Å². The molecule has 4 aliphatic heterocycles. The first-order valence-electron chi connectivity index (χ1n) is 14.2. The second-order valence-electron chi connectivity index (χ2n) is 11.7. The highest BCUT2D eigenvalue weighted by molar-refractivity contribution is 5.90. The first kappa shape index (κ1) is 30.5. The monoisotopic (exact) mass is 630 g/mol. The van der Waals surface area contributed by atoms with Crippen LogP contribution in [0.4, 0.5) is 22.0 Å². The minimum absolute atomic E-state index is 0.00945. The molecule has 44 heavy (non-hydrogen) atoms. The molecule has 0 unspecified atom stereocenters. The lowest BCUT2D eigenvalue weighted by Gasteiger charge is -2.41. The zero-order valence-electron chi connectivity index (χ0n) is 23.5. The van der Waals surface area contributed by atoms with Gasteiger partial charge in [-0.25, -0.2) is 0 Å². The van der Waals surface area contributed by atoms with Crippen LogP contribution in [-0.4, -0.2) is 78.7 Å². The number of hydrogen-bond donors (Lipinski definition) is 3. The number of nitrogens with zero attached hydrogens (tertiary/aromatic N) is 1. The Labute approximate surface area is 248 Å². The lowest BCUT2D eigenvalue weighted by Crippen LogP contribution is -2.48. The average Bonchev–Trinajstić information content (AvgIpc) is 3.45. The first-order valence-corrected chi connectivity index (χ1v) is 14.2. The smallest absolute Gasteiger partial charge is 0.492 e. The highest BCUT2D eigenvalue weighted by Crippen LogP contribution is 2.50. The van der Waals surface area contributed by atoms with Crippen LogP contribution in [0.1, 0.15) is 43.4 Å². The first-order chi connectivity index (χ1) is 20.7. The number of nitrogens with one attached hydrogen (secondary N) is 1. The number of fused-ring (bicyclic) bond motifs is 3. The zero-order valence-corrected chi connectivity index (χ0v) is 23.5. The van der Waals surface area contributed by atoms with Gasteiger partial charge in [-0.15, -0.1) is 22.0 Å². The summed E-state index contributed by atoms with van der Waals surface area (Å²) >= 11 is 0. The molecule has 240 valence electrons. The molecule has 1 amide bonds. The molecule has 4 aliphatic rings. The molecular formula is C29H31F5N2O8. The van der Waals surface area contributed by atoms with Gasteiger partial charge in [0.2, 0.25) is 5.91 Å². The fourth-order valence-electron chi connectivity index (χ4n) is 6.29. The third-order valence-electron chi connectivity index (χ3n) is 8.60. The summed E-state index contributed by atoms with van der Waals surface area (Å²) in [6, 6.07) is 5.59. The number of hydrogen-bond acceptors (Lipinski definition) is 9. The number of carbonyl (C=O) groups excluding carboxylic acids is 1. The molecule has 0 bridgehead atoms. The fraction of sp³-hybridized carbons (Fsp3) is 0.552. The van der Waals surface area contributed by atoms with E-state index in [1.807, 2.05) is 4.90 Å². The van der Waals surface area contributed by atoms with E-state index in [1.54, 1.807) is 6.92 Å². The average molecular weight is 631 g/mol. The van der Waals surface area contributed by atoms with Gasteiger partial charge in [0.15, 0.2) is 11.5 Å². The second kappa shape index (κ2) is 11.1. The molecule has 0 radical (unpaired) electrons. The fourth-order valence-corrected chi connectivity index (χ4v) is 6.29. The maximum Gasteiger partial charge on any atom is 0.586 e. The van der Waals surface area contributed by atoms with Gasteiger partial charge >= 0.3 is 12.7 Å². The standard InChI is InChI=1S/C29H31F5N2O8/c1-27(14-40-23-11-25-24(9-19(23)27)43-29(33,34)44-25)26(39)35-20-10-21(15-4-6-36(7-5-15)12-16(38)13-37)41-22-8-17(2-3-18(20)22)42-28(30,31)32/h2-3,8-9,11,15-16,20-21,37-38H,4-7,10,12-14H2,1H3,(H,35,39)/t16-,20+,21+,27-/m0/s1. The van der Waals surface area contributed by atoms with Crippen LogP contribution in [0.3, 0.4) is 0 Å². The van der Waals surface area contributed by atoms with Crippen molar-refractivity contribution in [1.82, 2.24) is 10.2 Å². The van der Waals surface area contributed by atoms with Gasteiger partial charge in [-0.3, -0.25) is 4.79 Å². The van der Waals surface area contributed by atoms with Crippen LogP contribution in [0, 0.1) is 5.92 Å². The molecule has 1 saturated heterocycles. The van der Waals surface area contributed by atoms with Crippen molar-refractivity contribution < 1.29 is 60.6 Å². The van der Waals surface area contributed by atoms with E-state index < -0.39 is 48.0 Å². The van der Waals surface area contributed by atoms with E-state index >= 15 is 0 Å². The minimum atomic E-state index is -4.91. The van der Waals surface area contributed by atoms with Crippen molar-refractivity contribution in [2.45, 2.75) is 62.5 Å². The van der Waals surface area contributed by atoms with Crippen LogP contribution in [0.5, 0.6) is 28.7 Å². The number of aliphatic hydroxyl groups excluding tert-OH is 2. The number of piperidine rings is 1. The van der Waals surface area contributed by atoms with E-state index in [0.717, 1.165) is 12.1 Å². The lowest BCUT2D eigenvalue weighted by atomic mass is 9.81. The molecule has 3 N–H and O–H groups in total. The van der Waals surface area contributed by atoms with Crippen molar-refractivity contribution in [3.05, 3.63) is 41.5 Å². The molecule has 6 rings (SSSR count). The van der Waals surface area contributed by atoms with Gasteiger partial charge < -0.3 is 44.1 Å². The van der Waals surface area contributed by atoms with Crippen molar-refractivity contribution in [3.63, 3.8) is 0 Å². The SMILES string of the molecule is C[C@]1(C(=O)N[C@@H]2C[C@H](C3CCN(C[C@H](O)CO)CC3)Oc3cc(OC(F)(F)F)ccc32)COc2cc3c(cc21)OC(F)(F)O3. The summed E-state index contributed by atoms with van der Waals surface area (Å²) < 4.78 is 91.3. The van der Waals surface area contributed by atoms with Crippen molar-refractivity contribution in [2.24, 2.45) is 5.92 Å². The Morgan fingerprint density at radius 2 is 1.82 bits per heavy atom. The molecule has 15 heteroatoms. The molecule has 1 fully saturated rings. The van der Waals surface area contributed by atoms with E-state index in [4.69, 9.17) is 14.6 Å². The number of carbonyl (C=O) groups is 1. The van der Waals surface area contributed by atoms with Crippen LogP contribution < -0.4 is 29.0 Å². The Balaban J connectivity index is 1.24. The Hall–Kier alpha value is -3.56. The van der Waals surface area contributed by atoms with E-state index in [9.17, 15) is 31.9 Å². The zero-order chi connectivity index (χ0) is 31.4. The Morgan fingerprint density at radius 1 is 1.11 bits per heavy atom. The molecule has 0 spiro atoms. The minimum Gasteiger partial charge on any atom is -0.492 e. The number of amides is 1. The summed E-state index contributed by atoms with van der Waals surface area (Å²) in [5, 5.41) is 22.0. The summed E-state index contributed by atoms with van der Waals surface area (Å²) in [7, 11) is 0. The molecule has 0 aromatic heterocycles. The Kier molecular flexibility index (Phi) is 7.69. The molecule has 10 nitrogen and oxygen atoms in total. The summed E-state index contributed by atoms with van der Waals surface area (Å²) in [5.41, 5.74) is -0.524.